The van der Waals surface area contributed by atoms with E-state index in [4.69, 9.17) is 5.11 Å². The SMILES string of the molecule is C=C1CC(C)=CC(O)C1. The molecule has 0 saturated carbocycles. The summed E-state index contributed by atoms with van der Waals surface area (Å²) in [6.07, 6.45) is 3.34. The predicted octanol–water partition coefficient (Wildman–Crippen LogP) is 1.64. The molecule has 1 aliphatic carbocycles. The molecule has 0 bridgehead atoms. The van der Waals surface area contributed by atoms with Gasteiger partial charge in [0, 0.05) is 0 Å². The third kappa shape index (κ3) is 1.68. The van der Waals surface area contributed by atoms with Gasteiger partial charge in [-0.3, -0.25) is 0 Å². The van der Waals surface area contributed by atoms with Gasteiger partial charge >= 0.3 is 0 Å². The van der Waals surface area contributed by atoms with E-state index in [2.05, 4.69) is 6.58 Å². The summed E-state index contributed by atoms with van der Waals surface area (Å²) in [5.74, 6) is 0. The first-order chi connectivity index (χ1) is 4.18. The van der Waals surface area contributed by atoms with Crippen LogP contribution in [0.25, 0.3) is 0 Å². The molecule has 1 unspecified atom stereocenters. The first kappa shape index (κ1) is 6.56. The topological polar surface area (TPSA) is 20.2 Å². The maximum atomic E-state index is 9.11. The van der Waals surface area contributed by atoms with Crippen molar-refractivity contribution in [2.75, 3.05) is 0 Å². The third-order valence-corrected chi connectivity index (χ3v) is 1.50. The van der Waals surface area contributed by atoms with Gasteiger partial charge in [-0.05, 0) is 19.8 Å². The molecule has 0 aliphatic heterocycles. The molecule has 0 aromatic heterocycles. The van der Waals surface area contributed by atoms with Gasteiger partial charge in [0.2, 0.25) is 0 Å². The van der Waals surface area contributed by atoms with Crippen LogP contribution in [-0.4, -0.2) is 11.2 Å². The first-order valence-electron chi connectivity index (χ1n) is 3.20. The van der Waals surface area contributed by atoms with Gasteiger partial charge in [0.1, 0.15) is 0 Å². The Balaban J connectivity index is 2.67. The van der Waals surface area contributed by atoms with E-state index in [0.29, 0.717) is 0 Å². The van der Waals surface area contributed by atoms with Crippen LogP contribution < -0.4 is 0 Å². The molecule has 1 nitrogen and oxygen atoms in total. The van der Waals surface area contributed by atoms with Crippen LogP contribution in [0.3, 0.4) is 0 Å². The van der Waals surface area contributed by atoms with Crippen LogP contribution in [0.1, 0.15) is 19.8 Å². The highest BCUT2D eigenvalue weighted by molar-refractivity contribution is 5.19. The van der Waals surface area contributed by atoms with Crippen molar-refractivity contribution in [2.45, 2.75) is 25.9 Å². The Labute approximate surface area is 55.7 Å². The minimum Gasteiger partial charge on any atom is -0.389 e. The van der Waals surface area contributed by atoms with Crippen molar-refractivity contribution in [2.24, 2.45) is 0 Å². The van der Waals surface area contributed by atoms with Gasteiger partial charge in [-0.1, -0.05) is 23.8 Å². The second-order valence-electron chi connectivity index (χ2n) is 2.71. The third-order valence-electron chi connectivity index (χ3n) is 1.50. The first-order valence-corrected chi connectivity index (χ1v) is 3.20. The predicted molar refractivity (Wildman–Crippen MR) is 38.1 cm³/mol. The maximum absolute atomic E-state index is 9.11. The smallest absolute Gasteiger partial charge is 0.0760 e. The summed E-state index contributed by atoms with van der Waals surface area (Å²) >= 11 is 0. The lowest BCUT2D eigenvalue weighted by molar-refractivity contribution is 0.218. The Kier molecular flexibility index (Phi) is 1.72. The number of hydrogen-bond donors (Lipinski definition) is 1. The van der Waals surface area contributed by atoms with E-state index in [-0.39, 0.29) is 6.10 Å². The van der Waals surface area contributed by atoms with E-state index in [9.17, 15) is 0 Å². The fourth-order valence-corrected chi connectivity index (χ4v) is 1.21. The molecule has 0 aromatic carbocycles. The second kappa shape index (κ2) is 2.36. The quantitative estimate of drug-likeness (QED) is 0.487. The van der Waals surface area contributed by atoms with Crippen LogP contribution in [0.15, 0.2) is 23.8 Å². The highest BCUT2D eigenvalue weighted by Crippen LogP contribution is 2.20. The molecule has 0 spiro atoms. The van der Waals surface area contributed by atoms with Crippen LogP contribution in [0.5, 0.6) is 0 Å². The summed E-state index contributed by atoms with van der Waals surface area (Å²) < 4.78 is 0. The minimum atomic E-state index is -0.272. The van der Waals surface area contributed by atoms with Crippen LogP contribution in [0.2, 0.25) is 0 Å². The van der Waals surface area contributed by atoms with Crippen molar-refractivity contribution >= 4 is 0 Å². The van der Waals surface area contributed by atoms with Crippen LogP contribution in [0.4, 0.5) is 0 Å². The average Bonchev–Trinajstić information content (AvgIpc) is 1.59. The molecule has 0 aromatic rings. The molecule has 1 aliphatic rings. The van der Waals surface area contributed by atoms with Crippen LogP contribution in [-0.2, 0) is 0 Å². The lowest BCUT2D eigenvalue weighted by Crippen LogP contribution is -2.09. The van der Waals surface area contributed by atoms with Gasteiger partial charge in [-0.25, -0.2) is 0 Å². The standard InChI is InChI=1S/C8H12O/c1-6-3-7(2)5-8(9)4-6/h5,8-9H,1,3-4H2,2H3. The molecular weight excluding hydrogens is 112 g/mol. The number of aliphatic hydroxyl groups excluding tert-OH is 1. The molecule has 0 saturated heterocycles. The monoisotopic (exact) mass is 124 g/mol. The molecule has 0 heterocycles. The zero-order valence-electron chi connectivity index (χ0n) is 5.72. The van der Waals surface area contributed by atoms with Crippen molar-refractivity contribution in [3.05, 3.63) is 23.8 Å². The van der Waals surface area contributed by atoms with E-state index in [0.717, 1.165) is 18.4 Å². The molecule has 50 valence electrons. The number of rotatable bonds is 0. The van der Waals surface area contributed by atoms with Crippen LogP contribution in [0, 0.1) is 0 Å². The Morgan fingerprint density at radius 1 is 1.78 bits per heavy atom. The molecule has 1 atom stereocenters. The van der Waals surface area contributed by atoms with E-state index < -0.39 is 0 Å². The summed E-state index contributed by atoms with van der Waals surface area (Å²) in [6, 6.07) is 0. The molecule has 1 heteroatoms. The van der Waals surface area contributed by atoms with Gasteiger partial charge in [-0.15, -0.1) is 0 Å². The fourth-order valence-electron chi connectivity index (χ4n) is 1.21. The van der Waals surface area contributed by atoms with Gasteiger partial charge in [0.15, 0.2) is 0 Å². The number of hydrogen-bond acceptors (Lipinski definition) is 1. The summed E-state index contributed by atoms with van der Waals surface area (Å²) in [5, 5.41) is 9.11. The lowest BCUT2D eigenvalue weighted by atomic mass is 9.95. The Hall–Kier alpha value is -0.560. The molecule has 9 heavy (non-hydrogen) atoms. The van der Waals surface area contributed by atoms with Gasteiger partial charge < -0.3 is 5.11 Å². The highest BCUT2D eigenvalue weighted by Gasteiger charge is 2.09. The van der Waals surface area contributed by atoms with Crippen LogP contribution >= 0.6 is 0 Å². The number of allylic oxidation sites excluding steroid dienone is 1. The summed E-state index contributed by atoms with van der Waals surface area (Å²) in [6.45, 7) is 5.84. The van der Waals surface area contributed by atoms with E-state index >= 15 is 0 Å². The van der Waals surface area contributed by atoms with Crippen molar-refractivity contribution < 1.29 is 5.11 Å². The van der Waals surface area contributed by atoms with Gasteiger partial charge in [-0.2, -0.15) is 0 Å². The Morgan fingerprint density at radius 2 is 2.44 bits per heavy atom. The van der Waals surface area contributed by atoms with Crippen molar-refractivity contribution in [1.29, 1.82) is 0 Å². The van der Waals surface area contributed by atoms with Gasteiger partial charge in [0.25, 0.3) is 0 Å². The molecule has 1 rings (SSSR count). The van der Waals surface area contributed by atoms with E-state index in [1.807, 2.05) is 13.0 Å². The summed E-state index contributed by atoms with van der Waals surface area (Å²) in [7, 11) is 0. The lowest BCUT2D eigenvalue weighted by Gasteiger charge is -2.16. The highest BCUT2D eigenvalue weighted by atomic mass is 16.3. The molecule has 1 N–H and O–H groups in total. The zero-order valence-corrected chi connectivity index (χ0v) is 5.72. The van der Waals surface area contributed by atoms with Crippen molar-refractivity contribution in [3.8, 4) is 0 Å². The number of aliphatic hydroxyl groups is 1. The molecule has 0 fully saturated rings. The molecule has 0 radical (unpaired) electrons. The normalized spacial score (nSPS) is 28.0. The summed E-state index contributed by atoms with van der Waals surface area (Å²) in [4.78, 5) is 0. The van der Waals surface area contributed by atoms with E-state index in [1.165, 1.54) is 5.57 Å². The summed E-state index contributed by atoms with van der Waals surface area (Å²) in [5.41, 5.74) is 2.38. The second-order valence-corrected chi connectivity index (χ2v) is 2.71. The maximum Gasteiger partial charge on any atom is 0.0760 e. The van der Waals surface area contributed by atoms with E-state index in [1.54, 1.807) is 0 Å². The molecular formula is C8H12O. The zero-order chi connectivity index (χ0) is 6.85. The fraction of sp³-hybridized carbons (Fsp3) is 0.500. The largest absolute Gasteiger partial charge is 0.389 e. The molecule has 0 amide bonds. The Bertz CT molecular complexity index is 156. The van der Waals surface area contributed by atoms with Crippen molar-refractivity contribution in [1.82, 2.24) is 0 Å². The minimum absolute atomic E-state index is 0.272. The van der Waals surface area contributed by atoms with Crippen molar-refractivity contribution in [3.63, 3.8) is 0 Å². The average molecular weight is 124 g/mol. The van der Waals surface area contributed by atoms with Gasteiger partial charge in [0.05, 0.1) is 6.10 Å². The Morgan fingerprint density at radius 3 is 2.89 bits per heavy atom.